The fourth-order valence-electron chi connectivity index (χ4n) is 2.36. The number of aromatic nitrogens is 1. The highest BCUT2D eigenvalue weighted by atomic mass is 79.9. The summed E-state index contributed by atoms with van der Waals surface area (Å²) in [6.45, 7) is 0. The van der Waals surface area contributed by atoms with Gasteiger partial charge in [-0.1, -0.05) is 57.1 Å². The number of halogens is 2. The van der Waals surface area contributed by atoms with Crippen molar-refractivity contribution in [2.75, 3.05) is 5.32 Å². The summed E-state index contributed by atoms with van der Waals surface area (Å²) in [4.78, 5) is 16.8. The third-order valence-corrected chi connectivity index (χ3v) is 5.32. The van der Waals surface area contributed by atoms with Crippen LogP contribution in [0.1, 0.15) is 10.6 Å². The van der Waals surface area contributed by atoms with Crippen LogP contribution in [0.25, 0.3) is 21.5 Å². The predicted molar refractivity (Wildman–Crippen MR) is 104 cm³/mol. The number of carbonyl (C=O) groups is 1. The van der Waals surface area contributed by atoms with Crippen molar-refractivity contribution in [3.63, 3.8) is 0 Å². The largest absolute Gasteiger partial charge is 0.451 e. The Morgan fingerprint density at radius 3 is 2.68 bits per heavy atom. The summed E-state index contributed by atoms with van der Waals surface area (Å²) in [5, 5.41) is 3.80. The molecule has 1 amide bonds. The van der Waals surface area contributed by atoms with Gasteiger partial charge in [0.25, 0.3) is 5.91 Å². The molecule has 0 radical (unpaired) electrons. The summed E-state index contributed by atoms with van der Waals surface area (Å²) < 4.78 is 7.56. The van der Waals surface area contributed by atoms with E-state index in [9.17, 15) is 4.79 Å². The average molecular weight is 434 g/mol. The van der Waals surface area contributed by atoms with E-state index in [2.05, 4.69) is 26.2 Å². The molecular weight excluding hydrogens is 424 g/mol. The minimum Gasteiger partial charge on any atom is -0.451 e. The average Bonchev–Trinajstić information content (AvgIpc) is 3.23. The Kier molecular flexibility index (Phi) is 4.33. The van der Waals surface area contributed by atoms with Gasteiger partial charge in [0.05, 0.1) is 9.72 Å². The lowest BCUT2D eigenvalue weighted by atomic mass is 10.2. The molecule has 1 N–H and O–H groups in total. The molecule has 0 fully saturated rings. The minimum atomic E-state index is -0.349. The zero-order valence-corrected chi connectivity index (χ0v) is 15.8. The van der Waals surface area contributed by atoms with Gasteiger partial charge in [-0.25, -0.2) is 4.98 Å². The van der Waals surface area contributed by atoms with Crippen LogP contribution in [0.15, 0.2) is 63.5 Å². The van der Waals surface area contributed by atoms with E-state index in [-0.39, 0.29) is 11.7 Å². The molecule has 4 aromatic rings. The van der Waals surface area contributed by atoms with E-state index in [0.29, 0.717) is 21.4 Å². The molecule has 2 aromatic heterocycles. The van der Waals surface area contributed by atoms with Crippen LogP contribution in [0.3, 0.4) is 0 Å². The van der Waals surface area contributed by atoms with E-state index in [1.807, 2.05) is 36.4 Å². The van der Waals surface area contributed by atoms with Crippen molar-refractivity contribution in [1.29, 1.82) is 0 Å². The number of furan rings is 1. The Morgan fingerprint density at radius 1 is 1.12 bits per heavy atom. The Morgan fingerprint density at radius 2 is 1.92 bits per heavy atom. The summed E-state index contributed by atoms with van der Waals surface area (Å²) in [7, 11) is 0. The maximum Gasteiger partial charge on any atom is 0.293 e. The molecule has 7 heteroatoms. The first-order valence-corrected chi connectivity index (χ1v) is 9.31. The zero-order valence-electron chi connectivity index (χ0n) is 12.6. The van der Waals surface area contributed by atoms with Crippen molar-refractivity contribution < 1.29 is 9.21 Å². The fourth-order valence-corrected chi connectivity index (χ4v) is 3.78. The number of rotatable bonds is 3. The molecule has 0 unspecified atom stereocenters. The van der Waals surface area contributed by atoms with Crippen molar-refractivity contribution in [3.05, 3.63) is 69.9 Å². The van der Waals surface area contributed by atoms with Crippen LogP contribution in [0, 0.1) is 0 Å². The van der Waals surface area contributed by atoms with Gasteiger partial charge in [0, 0.05) is 10.0 Å². The topological polar surface area (TPSA) is 55.1 Å². The van der Waals surface area contributed by atoms with Crippen LogP contribution in [0.4, 0.5) is 5.13 Å². The van der Waals surface area contributed by atoms with Crippen molar-refractivity contribution in [1.82, 2.24) is 4.98 Å². The van der Waals surface area contributed by atoms with E-state index in [1.54, 1.807) is 18.2 Å². The summed E-state index contributed by atoms with van der Waals surface area (Å²) in [6.07, 6.45) is 0. The number of nitrogens with one attached hydrogen (secondary N) is 1. The fraction of sp³-hybridized carbons (Fsp3) is 0. The lowest BCUT2D eigenvalue weighted by Gasteiger charge is -1.99. The Balaban J connectivity index is 1.56. The molecular formula is C18H10BrClN2O2S. The third-order valence-electron chi connectivity index (χ3n) is 3.55. The van der Waals surface area contributed by atoms with Gasteiger partial charge in [-0.3, -0.25) is 10.1 Å². The van der Waals surface area contributed by atoms with E-state index < -0.39 is 0 Å². The van der Waals surface area contributed by atoms with Crippen LogP contribution in [-0.2, 0) is 0 Å². The zero-order chi connectivity index (χ0) is 17.4. The molecule has 4 nitrogen and oxygen atoms in total. The van der Waals surface area contributed by atoms with Crippen LogP contribution in [0.5, 0.6) is 0 Å². The summed E-state index contributed by atoms with van der Waals surface area (Å²) in [5.41, 5.74) is 1.58. The first kappa shape index (κ1) is 16.3. The third kappa shape index (κ3) is 3.33. The number of nitrogens with zero attached hydrogens (tertiary/aromatic N) is 1. The van der Waals surface area contributed by atoms with Crippen molar-refractivity contribution in [2.45, 2.75) is 0 Å². The lowest BCUT2D eigenvalue weighted by molar-refractivity contribution is 0.0997. The maximum absolute atomic E-state index is 12.4. The monoisotopic (exact) mass is 432 g/mol. The number of hydrogen-bond donors (Lipinski definition) is 1. The van der Waals surface area contributed by atoms with Gasteiger partial charge in [-0.15, -0.1) is 0 Å². The Bertz CT molecular complexity index is 1070. The number of anilines is 1. The number of fused-ring (bicyclic) bond motifs is 1. The molecule has 0 aliphatic rings. The molecule has 0 bridgehead atoms. The van der Waals surface area contributed by atoms with Gasteiger partial charge in [0.15, 0.2) is 10.9 Å². The van der Waals surface area contributed by atoms with Gasteiger partial charge in [-0.2, -0.15) is 0 Å². The molecule has 0 spiro atoms. The molecule has 2 aromatic carbocycles. The second kappa shape index (κ2) is 6.63. The molecule has 0 atom stereocenters. The number of hydrogen-bond acceptors (Lipinski definition) is 4. The van der Waals surface area contributed by atoms with Gasteiger partial charge in [-0.05, 0) is 36.4 Å². The quantitative estimate of drug-likeness (QED) is 0.417. The van der Waals surface area contributed by atoms with Crippen molar-refractivity contribution in [3.8, 4) is 11.3 Å². The van der Waals surface area contributed by atoms with Crippen molar-refractivity contribution in [2.24, 2.45) is 0 Å². The Labute approximate surface area is 160 Å². The van der Waals surface area contributed by atoms with Gasteiger partial charge < -0.3 is 4.42 Å². The van der Waals surface area contributed by atoms with Crippen LogP contribution in [0.2, 0.25) is 5.02 Å². The molecule has 0 aliphatic carbocycles. The SMILES string of the molecule is O=C(Nc1nc2c(Cl)cccc2s1)c1ccc(-c2ccc(Br)cc2)o1. The molecule has 0 saturated heterocycles. The molecule has 0 saturated carbocycles. The van der Waals surface area contributed by atoms with Crippen LogP contribution in [-0.4, -0.2) is 10.9 Å². The van der Waals surface area contributed by atoms with E-state index in [1.165, 1.54) is 11.3 Å². The molecule has 4 rings (SSSR count). The van der Waals surface area contributed by atoms with E-state index in [0.717, 1.165) is 14.7 Å². The Hall–Kier alpha value is -2.15. The standard InChI is InChI=1S/C18H10BrClN2O2S/c19-11-6-4-10(5-7-11)13-8-9-14(24-13)17(23)22-18-21-16-12(20)2-1-3-15(16)25-18/h1-9H,(H,21,22,23). The first-order chi connectivity index (χ1) is 12.1. The number of carbonyl (C=O) groups excluding carboxylic acids is 1. The highest BCUT2D eigenvalue weighted by molar-refractivity contribution is 9.10. The summed E-state index contributed by atoms with van der Waals surface area (Å²) >= 11 is 10.9. The van der Waals surface area contributed by atoms with Crippen LogP contribution >= 0.6 is 38.9 Å². The second-order valence-corrected chi connectivity index (χ2v) is 7.58. The number of benzene rings is 2. The number of thiazole rings is 1. The highest BCUT2D eigenvalue weighted by Crippen LogP contribution is 2.31. The van der Waals surface area contributed by atoms with Crippen molar-refractivity contribution >= 4 is 60.1 Å². The molecule has 0 aliphatic heterocycles. The lowest BCUT2D eigenvalue weighted by Crippen LogP contribution is -2.10. The van der Waals surface area contributed by atoms with E-state index in [4.69, 9.17) is 16.0 Å². The minimum absolute atomic E-state index is 0.225. The smallest absolute Gasteiger partial charge is 0.293 e. The second-order valence-electron chi connectivity index (χ2n) is 5.23. The predicted octanol–water partition coefficient (Wildman–Crippen LogP) is 6.22. The van der Waals surface area contributed by atoms with Gasteiger partial charge in [0.2, 0.25) is 0 Å². The normalized spacial score (nSPS) is 11.0. The molecule has 25 heavy (non-hydrogen) atoms. The maximum atomic E-state index is 12.4. The first-order valence-electron chi connectivity index (χ1n) is 7.32. The van der Waals surface area contributed by atoms with Gasteiger partial charge >= 0.3 is 0 Å². The molecule has 2 heterocycles. The number of amides is 1. The van der Waals surface area contributed by atoms with Gasteiger partial charge in [0.1, 0.15) is 11.3 Å². The van der Waals surface area contributed by atoms with E-state index >= 15 is 0 Å². The van der Waals surface area contributed by atoms with Crippen LogP contribution < -0.4 is 5.32 Å². The summed E-state index contributed by atoms with van der Waals surface area (Å²) in [5.74, 6) is 0.506. The molecule has 124 valence electrons. The number of para-hydroxylation sites is 1. The summed E-state index contributed by atoms with van der Waals surface area (Å²) in [6, 6.07) is 16.6. The highest BCUT2D eigenvalue weighted by Gasteiger charge is 2.15.